The van der Waals surface area contributed by atoms with E-state index in [2.05, 4.69) is 20.7 Å². The predicted octanol–water partition coefficient (Wildman–Crippen LogP) is 1.23. The fraction of sp³-hybridized carbons (Fsp3) is 0.556. The van der Waals surface area contributed by atoms with Crippen LogP contribution in [-0.2, 0) is 4.74 Å². The van der Waals surface area contributed by atoms with Crippen LogP contribution >= 0.6 is 12.2 Å². The topological polar surface area (TPSA) is 76.6 Å². The summed E-state index contributed by atoms with van der Waals surface area (Å²) < 4.78 is 21.3. The van der Waals surface area contributed by atoms with E-state index in [1.54, 1.807) is 39.7 Å². The van der Waals surface area contributed by atoms with E-state index in [0.717, 1.165) is 45.8 Å². The molecular formula is C18H28N4O4S. The highest BCUT2D eigenvalue weighted by Gasteiger charge is 2.12. The van der Waals surface area contributed by atoms with Gasteiger partial charge in [-0.15, -0.1) is 0 Å². The first-order valence-electron chi connectivity index (χ1n) is 8.85. The third kappa shape index (κ3) is 6.85. The smallest absolute Gasteiger partial charge is 0.186 e. The van der Waals surface area contributed by atoms with Gasteiger partial charge in [0, 0.05) is 31.8 Å². The maximum absolute atomic E-state index is 5.38. The number of rotatable bonds is 9. The molecule has 0 unspecified atom stereocenters. The van der Waals surface area contributed by atoms with Gasteiger partial charge in [-0.3, -0.25) is 10.3 Å². The van der Waals surface area contributed by atoms with Gasteiger partial charge in [0.05, 0.1) is 46.3 Å². The van der Waals surface area contributed by atoms with Gasteiger partial charge < -0.3 is 24.3 Å². The Morgan fingerprint density at radius 2 is 1.85 bits per heavy atom. The largest absolute Gasteiger partial charge is 0.496 e. The minimum absolute atomic E-state index is 0.472. The van der Waals surface area contributed by atoms with E-state index in [1.165, 1.54) is 0 Å². The monoisotopic (exact) mass is 396 g/mol. The van der Waals surface area contributed by atoms with Crippen LogP contribution in [0.2, 0.25) is 0 Å². The molecule has 1 aromatic rings. The minimum Gasteiger partial charge on any atom is -0.496 e. The van der Waals surface area contributed by atoms with Crippen molar-refractivity contribution in [2.45, 2.75) is 6.42 Å². The Bertz CT molecular complexity index is 611. The number of benzene rings is 1. The van der Waals surface area contributed by atoms with Crippen LogP contribution in [0.15, 0.2) is 17.2 Å². The molecule has 1 saturated heterocycles. The highest BCUT2D eigenvalue weighted by Crippen LogP contribution is 2.32. The normalized spacial score (nSPS) is 14.8. The van der Waals surface area contributed by atoms with Crippen LogP contribution in [-0.4, -0.2) is 76.9 Å². The molecule has 27 heavy (non-hydrogen) atoms. The van der Waals surface area contributed by atoms with Crippen LogP contribution < -0.4 is 25.0 Å². The summed E-state index contributed by atoms with van der Waals surface area (Å²) >= 11 is 5.25. The Morgan fingerprint density at radius 1 is 1.19 bits per heavy atom. The maximum atomic E-state index is 5.38. The van der Waals surface area contributed by atoms with Crippen molar-refractivity contribution in [3.63, 3.8) is 0 Å². The zero-order valence-corrected chi connectivity index (χ0v) is 16.9. The average Bonchev–Trinajstić information content (AvgIpc) is 2.71. The Kier molecular flexibility index (Phi) is 9.09. The fourth-order valence-electron chi connectivity index (χ4n) is 2.68. The number of hydrogen-bond donors (Lipinski definition) is 2. The van der Waals surface area contributed by atoms with Crippen LogP contribution in [0, 0.1) is 0 Å². The zero-order valence-electron chi connectivity index (χ0n) is 16.1. The summed E-state index contributed by atoms with van der Waals surface area (Å²) in [5.41, 5.74) is 3.51. The van der Waals surface area contributed by atoms with Crippen molar-refractivity contribution >= 4 is 23.5 Å². The van der Waals surface area contributed by atoms with Gasteiger partial charge in [0.1, 0.15) is 17.2 Å². The second-order valence-electron chi connectivity index (χ2n) is 5.88. The highest BCUT2D eigenvalue weighted by molar-refractivity contribution is 7.80. The standard InChI is InChI=1S/C18H28N4O4S/c1-23-14-11-16(24-2)15(17(12-14)25-3)13-20-21-18(27)19-5-4-6-22-7-9-26-10-8-22/h11-13H,4-10H2,1-3H3,(H2,19,21,27)/b20-13+. The minimum atomic E-state index is 0.472. The lowest BCUT2D eigenvalue weighted by molar-refractivity contribution is 0.0376. The van der Waals surface area contributed by atoms with Crippen molar-refractivity contribution in [2.24, 2.45) is 5.10 Å². The summed E-state index contributed by atoms with van der Waals surface area (Å²) in [6.07, 6.45) is 2.62. The molecule has 150 valence electrons. The average molecular weight is 397 g/mol. The number of nitrogens with one attached hydrogen (secondary N) is 2. The number of hydrogen-bond acceptors (Lipinski definition) is 7. The lowest BCUT2D eigenvalue weighted by atomic mass is 10.2. The third-order valence-electron chi connectivity index (χ3n) is 4.15. The fourth-order valence-corrected chi connectivity index (χ4v) is 2.84. The third-order valence-corrected chi connectivity index (χ3v) is 4.39. The molecule has 1 aliphatic heterocycles. The van der Waals surface area contributed by atoms with Crippen molar-refractivity contribution in [3.05, 3.63) is 17.7 Å². The molecule has 1 heterocycles. The molecule has 1 fully saturated rings. The molecule has 0 amide bonds. The van der Waals surface area contributed by atoms with Gasteiger partial charge in [0.2, 0.25) is 0 Å². The molecule has 2 rings (SSSR count). The van der Waals surface area contributed by atoms with E-state index < -0.39 is 0 Å². The second-order valence-corrected chi connectivity index (χ2v) is 6.29. The molecular weight excluding hydrogens is 368 g/mol. The zero-order chi connectivity index (χ0) is 19.5. The SMILES string of the molecule is COc1cc(OC)c(/C=N/NC(=S)NCCCN2CCOCC2)c(OC)c1. The van der Waals surface area contributed by atoms with Crippen molar-refractivity contribution < 1.29 is 18.9 Å². The maximum Gasteiger partial charge on any atom is 0.186 e. The molecule has 0 saturated carbocycles. The number of ether oxygens (including phenoxy) is 4. The molecule has 0 bridgehead atoms. The highest BCUT2D eigenvalue weighted by atomic mass is 32.1. The molecule has 2 N–H and O–H groups in total. The van der Waals surface area contributed by atoms with Crippen molar-refractivity contribution in [2.75, 3.05) is 60.7 Å². The molecule has 0 aliphatic carbocycles. The van der Waals surface area contributed by atoms with Crippen molar-refractivity contribution in [3.8, 4) is 17.2 Å². The van der Waals surface area contributed by atoms with E-state index >= 15 is 0 Å². The number of hydrazone groups is 1. The first-order valence-corrected chi connectivity index (χ1v) is 9.25. The Morgan fingerprint density at radius 3 is 2.44 bits per heavy atom. The molecule has 0 aromatic heterocycles. The van der Waals surface area contributed by atoms with Crippen LogP contribution in [0.1, 0.15) is 12.0 Å². The molecule has 0 radical (unpaired) electrons. The van der Waals surface area contributed by atoms with Gasteiger partial charge in [0.25, 0.3) is 0 Å². The molecule has 0 atom stereocenters. The lowest BCUT2D eigenvalue weighted by Gasteiger charge is -2.26. The van der Waals surface area contributed by atoms with E-state index in [4.69, 9.17) is 31.2 Å². The van der Waals surface area contributed by atoms with Gasteiger partial charge in [-0.2, -0.15) is 5.10 Å². The van der Waals surface area contributed by atoms with Crippen LogP contribution in [0.5, 0.6) is 17.2 Å². The van der Waals surface area contributed by atoms with Crippen molar-refractivity contribution in [1.82, 2.24) is 15.6 Å². The van der Waals surface area contributed by atoms with Gasteiger partial charge >= 0.3 is 0 Å². The van der Waals surface area contributed by atoms with Gasteiger partial charge in [-0.25, -0.2) is 0 Å². The summed E-state index contributed by atoms with van der Waals surface area (Å²) in [7, 11) is 4.76. The molecule has 8 nitrogen and oxygen atoms in total. The summed E-state index contributed by atoms with van der Waals surface area (Å²) in [5.74, 6) is 1.84. The van der Waals surface area contributed by atoms with E-state index in [9.17, 15) is 0 Å². The summed E-state index contributed by atoms with van der Waals surface area (Å²) in [6, 6.07) is 3.54. The molecule has 9 heteroatoms. The van der Waals surface area contributed by atoms with Gasteiger partial charge in [-0.1, -0.05) is 0 Å². The quantitative estimate of drug-likeness (QED) is 0.279. The number of methoxy groups -OCH3 is 3. The van der Waals surface area contributed by atoms with Crippen LogP contribution in [0.25, 0.3) is 0 Å². The van der Waals surface area contributed by atoms with Gasteiger partial charge in [0.15, 0.2) is 5.11 Å². The Hall–Kier alpha value is -2.10. The second kappa shape index (κ2) is 11.6. The van der Waals surface area contributed by atoms with Gasteiger partial charge in [-0.05, 0) is 25.2 Å². The summed E-state index contributed by atoms with van der Waals surface area (Å²) in [4.78, 5) is 2.39. The first-order chi connectivity index (χ1) is 13.2. The van der Waals surface area contributed by atoms with Crippen LogP contribution in [0.3, 0.4) is 0 Å². The predicted molar refractivity (Wildman–Crippen MR) is 109 cm³/mol. The van der Waals surface area contributed by atoms with E-state index in [0.29, 0.717) is 27.9 Å². The van der Waals surface area contributed by atoms with Crippen LogP contribution in [0.4, 0.5) is 0 Å². The molecule has 0 spiro atoms. The summed E-state index contributed by atoms with van der Waals surface area (Å²) in [6.45, 7) is 5.45. The summed E-state index contributed by atoms with van der Waals surface area (Å²) in [5, 5.41) is 7.80. The lowest BCUT2D eigenvalue weighted by Crippen LogP contribution is -2.39. The molecule has 1 aliphatic rings. The van der Waals surface area contributed by atoms with E-state index in [1.807, 2.05) is 0 Å². The number of nitrogens with zero attached hydrogens (tertiary/aromatic N) is 2. The number of thiocarbonyl (C=S) groups is 1. The molecule has 1 aromatic carbocycles. The Labute approximate surface area is 165 Å². The van der Waals surface area contributed by atoms with Crippen molar-refractivity contribution in [1.29, 1.82) is 0 Å². The van der Waals surface area contributed by atoms with E-state index in [-0.39, 0.29) is 0 Å². The Balaban J connectivity index is 1.79. The number of morpholine rings is 1. The first kappa shape index (κ1) is 21.2.